The molecule has 2 aliphatic heterocycles. The number of benzene rings is 1. The molecule has 0 spiro atoms. The van der Waals surface area contributed by atoms with Crippen LogP contribution in [0.15, 0.2) is 29.2 Å². The lowest BCUT2D eigenvalue weighted by Gasteiger charge is -2.31. The van der Waals surface area contributed by atoms with Crippen molar-refractivity contribution in [2.24, 2.45) is 0 Å². The highest BCUT2D eigenvalue weighted by atomic mass is 32.2. The van der Waals surface area contributed by atoms with E-state index in [0.717, 1.165) is 37.6 Å². The van der Waals surface area contributed by atoms with Crippen LogP contribution in [0.25, 0.3) is 0 Å². The Labute approximate surface area is 159 Å². The molecule has 0 saturated carbocycles. The predicted molar refractivity (Wildman–Crippen MR) is 100 cm³/mol. The minimum atomic E-state index is -3.57. The van der Waals surface area contributed by atoms with Crippen LogP contribution in [0.4, 0.5) is 0 Å². The molecule has 0 aliphatic carbocycles. The molecule has 0 bridgehead atoms. The fraction of sp³-hybridized carbons (Fsp3) is 0.556. The number of likely N-dealkylation sites (N-methyl/N-ethyl adjacent to an activating group) is 1. The second-order valence-electron chi connectivity index (χ2n) is 7.24. The van der Waals surface area contributed by atoms with Crippen LogP contribution in [0.3, 0.4) is 0 Å². The van der Waals surface area contributed by atoms with Crippen LogP contribution in [0.1, 0.15) is 30.4 Å². The lowest BCUT2D eigenvalue weighted by molar-refractivity contribution is 0.239. The van der Waals surface area contributed by atoms with Crippen LogP contribution >= 0.6 is 0 Å². The van der Waals surface area contributed by atoms with Gasteiger partial charge in [-0.2, -0.15) is 4.31 Å². The highest BCUT2D eigenvalue weighted by Crippen LogP contribution is 2.28. The summed E-state index contributed by atoms with van der Waals surface area (Å²) in [6.07, 6.45) is 2.26. The number of fused-ring (bicyclic) bond motifs is 1. The predicted octanol–water partition coefficient (Wildman–Crippen LogP) is 1.30. The molecule has 0 amide bonds. The summed E-state index contributed by atoms with van der Waals surface area (Å²) in [5, 5.41) is 8.73. The van der Waals surface area contributed by atoms with Crippen LogP contribution in [-0.2, 0) is 23.1 Å². The van der Waals surface area contributed by atoms with E-state index in [9.17, 15) is 8.42 Å². The van der Waals surface area contributed by atoms with Crippen LogP contribution < -0.4 is 4.74 Å². The molecule has 1 aromatic carbocycles. The van der Waals surface area contributed by atoms with Crippen molar-refractivity contribution in [1.29, 1.82) is 0 Å². The average molecular weight is 391 g/mol. The molecule has 1 aromatic heterocycles. The number of likely N-dealkylation sites (tertiary alicyclic amines) is 1. The van der Waals surface area contributed by atoms with Gasteiger partial charge in [0, 0.05) is 25.6 Å². The van der Waals surface area contributed by atoms with E-state index in [1.54, 1.807) is 31.4 Å². The third-order valence-corrected chi connectivity index (χ3v) is 7.29. The fourth-order valence-electron chi connectivity index (χ4n) is 3.94. The SMILES string of the molecule is COc1ccc(S(=O)(=O)N2CCn3c(nnc3[C@@H]3CCCN(C)C3)C2)cc1. The van der Waals surface area contributed by atoms with E-state index in [1.165, 1.54) is 4.31 Å². The maximum atomic E-state index is 13.0. The molecular weight excluding hydrogens is 366 g/mol. The molecule has 8 nitrogen and oxygen atoms in total. The first-order valence-corrected chi connectivity index (χ1v) is 10.7. The summed E-state index contributed by atoms with van der Waals surface area (Å²) in [5.74, 6) is 2.73. The highest BCUT2D eigenvalue weighted by molar-refractivity contribution is 7.89. The molecule has 146 valence electrons. The van der Waals surface area contributed by atoms with Gasteiger partial charge in [-0.05, 0) is 50.7 Å². The van der Waals surface area contributed by atoms with Gasteiger partial charge in [0.2, 0.25) is 10.0 Å². The van der Waals surface area contributed by atoms with Crippen molar-refractivity contribution in [3.63, 3.8) is 0 Å². The van der Waals surface area contributed by atoms with Crippen LogP contribution in [0, 0.1) is 0 Å². The second kappa shape index (κ2) is 7.21. The van der Waals surface area contributed by atoms with Crippen molar-refractivity contribution in [1.82, 2.24) is 24.0 Å². The smallest absolute Gasteiger partial charge is 0.243 e. The molecule has 9 heteroatoms. The van der Waals surface area contributed by atoms with Crippen molar-refractivity contribution in [2.75, 3.05) is 33.8 Å². The number of piperidine rings is 1. The number of nitrogens with zero attached hydrogens (tertiary/aromatic N) is 5. The van der Waals surface area contributed by atoms with E-state index in [1.807, 2.05) is 0 Å². The summed E-state index contributed by atoms with van der Waals surface area (Å²) in [7, 11) is 0.120. The number of sulfonamides is 1. The molecule has 2 aromatic rings. The van der Waals surface area contributed by atoms with Gasteiger partial charge in [0.1, 0.15) is 17.4 Å². The fourth-order valence-corrected chi connectivity index (χ4v) is 5.32. The zero-order chi connectivity index (χ0) is 19.0. The van der Waals surface area contributed by atoms with E-state index in [-0.39, 0.29) is 11.4 Å². The average Bonchev–Trinajstić information content (AvgIpc) is 3.11. The highest BCUT2D eigenvalue weighted by Gasteiger charge is 2.33. The molecule has 4 rings (SSSR count). The van der Waals surface area contributed by atoms with Crippen molar-refractivity contribution in [3.8, 4) is 5.75 Å². The number of aromatic nitrogens is 3. The molecule has 0 radical (unpaired) electrons. The molecule has 27 heavy (non-hydrogen) atoms. The first kappa shape index (κ1) is 18.4. The molecule has 3 heterocycles. The van der Waals surface area contributed by atoms with Gasteiger partial charge in [-0.25, -0.2) is 8.42 Å². The molecule has 2 aliphatic rings. The number of hydrogen-bond acceptors (Lipinski definition) is 6. The van der Waals surface area contributed by atoms with Gasteiger partial charge < -0.3 is 14.2 Å². The quantitative estimate of drug-likeness (QED) is 0.782. The van der Waals surface area contributed by atoms with Crippen LogP contribution in [0.2, 0.25) is 0 Å². The normalized spacial score (nSPS) is 21.8. The van der Waals surface area contributed by atoms with Gasteiger partial charge >= 0.3 is 0 Å². The Morgan fingerprint density at radius 2 is 1.89 bits per heavy atom. The Kier molecular flexibility index (Phi) is 4.92. The Balaban J connectivity index is 1.54. The number of methoxy groups -OCH3 is 1. The summed E-state index contributed by atoms with van der Waals surface area (Å²) in [6, 6.07) is 6.49. The Bertz CT molecular complexity index is 910. The van der Waals surface area contributed by atoms with Gasteiger partial charge in [-0.15, -0.1) is 10.2 Å². The minimum Gasteiger partial charge on any atom is -0.497 e. The van der Waals surface area contributed by atoms with E-state index in [4.69, 9.17) is 4.74 Å². The topological polar surface area (TPSA) is 80.6 Å². The Hall–Kier alpha value is -1.97. The Morgan fingerprint density at radius 1 is 1.11 bits per heavy atom. The summed E-state index contributed by atoms with van der Waals surface area (Å²) >= 11 is 0. The van der Waals surface area contributed by atoms with E-state index < -0.39 is 10.0 Å². The first-order chi connectivity index (χ1) is 13.0. The second-order valence-corrected chi connectivity index (χ2v) is 9.18. The van der Waals surface area contributed by atoms with Gasteiger partial charge in [-0.1, -0.05) is 0 Å². The van der Waals surface area contributed by atoms with Crippen molar-refractivity contribution in [3.05, 3.63) is 35.9 Å². The monoisotopic (exact) mass is 391 g/mol. The Morgan fingerprint density at radius 3 is 2.59 bits per heavy atom. The zero-order valence-corrected chi connectivity index (χ0v) is 16.5. The summed E-state index contributed by atoms with van der Waals surface area (Å²) < 4.78 is 34.6. The summed E-state index contributed by atoms with van der Waals surface area (Å²) in [5.41, 5.74) is 0. The van der Waals surface area contributed by atoms with Gasteiger partial charge in [-0.3, -0.25) is 0 Å². The standard InChI is InChI=1S/C18H25N5O3S/c1-21-9-3-4-14(12-21)18-20-19-17-13-22(10-11-23(17)18)27(24,25)16-7-5-15(26-2)6-8-16/h5-8,14H,3-4,9-13H2,1-2H3/t14-/m1/s1. The van der Waals surface area contributed by atoms with Crippen LogP contribution in [-0.4, -0.2) is 66.2 Å². The van der Waals surface area contributed by atoms with Gasteiger partial charge in [0.25, 0.3) is 0 Å². The number of ether oxygens (including phenoxy) is 1. The molecule has 1 saturated heterocycles. The summed E-state index contributed by atoms with van der Waals surface area (Å²) in [6.45, 7) is 3.36. The van der Waals surface area contributed by atoms with E-state index >= 15 is 0 Å². The lowest BCUT2D eigenvalue weighted by atomic mass is 9.97. The molecule has 1 fully saturated rings. The first-order valence-electron chi connectivity index (χ1n) is 9.24. The summed E-state index contributed by atoms with van der Waals surface area (Å²) in [4.78, 5) is 2.59. The molecule has 1 atom stereocenters. The number of hydrogen-bond donors (Lipinski definition) is 0. The van der Waals surface area contributed by atoms with Crippen molar-refractivity contribution >= 4 is 10.0 Å². The van der Waals surface area contributed by atoms with Gasteiger partial charge in [0.15, 0.2) is 0 Å². The van der Waals surface area contributed by atoms with E-state index in [0.29, 0.717) is 24.8 Å². The molecule has 0 unspecified atom stereocenters. The third kappa shape index (κ3) is 3.46. The van der Waals surface area contributed by atoms with Crippen molar-refractivity contribution < 1.29 is 13.2 Å². The zero-order valence-electron chi connectivity index (χ0n) is 15.7. The number of rotatable bonds is 4. The maximum absolute atomic E-state index is 13.0. The van der Waals surface area contributed by atoms with E-state index in [2.05, 4.69) is 26.7 Å². The third-order valence-electron chi connectivity index (χ3n) is 5.43. The van der Waals surface area contributed by atoms with Crippen molar-refractivity contribution in [2.45, 2.75) is 36.7 Å². The molecular formula is C18H25N5O3S. The van der Waals surface area contributed by atoms with Gasteiger partial charge in [0.05, 0.1) is 18.6 Å². The lowest BCUT2D eigenvalue weighted by Crippen LogP contribution is -2.39. The molecule has 0 N–H and O–H groups in total. The minimum absolute atomic E-state index is 0.254. The maximum Gasteiger partial charge on any atom is 0.243 e. The largest absolute Gasteiger partial charge is 0.497 e. The van der Waals surface area contributed by atoms with Crippen LogP contribution in [0.5, 0.6) is 5.75 Å².